The number of aromatic nitrogens is 2. The highest BCUT2D eigenvalue weighted by atomic mass is 32.2. The Bertz CT molecular complexity index is 1170. The maximum absolute atomic E-state index is 13.0. The number of aryl methyl sites for hydroxylation is 1. The molecular formula is C21H22N4O4S. The molecular weight excluding hydrogens is 404 g/mol. The molecule has 1 unspecified atom stereocenters. The van der Waals surface area contributed by atoms with Gasteiger partial charge in [0, 0.05) is 17.2 Å². The number of rotatable bonds is 7. The summed E-state index contributed by atoms with van der Waals surface area (Å²) < 4.78 is 33.7. The van der Waals surface area contributed by atoms with E-state index >= 15 is 0 Å². The first kappa shape index (κ1) is 20.2. The molecule has 2 aromatic carbocycles. The highest BCUT2D eigenvalue weighted by Gasteiger charge is 2.30. The van der Waals surface area contributed by atoms with E-state index in [0.717, 1.165) is 12.8 Å². The molecule has 1 fully saturated rings. The number of para-hydroxylation sites is 1. The van der Waals surface area contributed by atoms with Gasteiger partial charge in [-0.15, -0.1) is 0 Å². The lowest BCUT2D eigenvalue weighted by atomic mass is 10.1. The van der Waals surface area contributed by atoms with Gasteiger partial charge >= 0.3 is 0 Å². The first-order valence-corrected chi connectivity index (χ1v) is 11.1. The number of sulfonamides is 1. The van der Waals surface area contributed by atoms with Crippen molar-refractivity contribution in [2.75, 3.05) is 5.32 Å². The summed E-state index contributed by atoms with van der Waals surface area (Å²) in [6, 6.07) is 12.8. The van der Waals surface area contributed by atoms with Gasteiger partial charge in [-0.3, -0.25) is 4.79 Å². The Hall–Kier alpha value is -3.04. The van der Waals surface area contributed by atoms with E-state index in [1.807, 2.05) is 6.07 Å². The van der Waals surface area contributed by atoms with Gasteiger partial charge < -0.3 is 9.84 Å². The Morgan fingerprint density at radius 3 is 2.60 bits per heavy atom. The number of amides is 1. The van der Waals surface area contributed by atoms with Gasteiger partial charge in [0.15, 0.2) is 0 Å². The molecule has 4 rings (SSSR count). The van der Waals surface area contributed by atoms with Crippen molar-refractivity contribution in [1.29, 1.82) is 0 Å². The zero-order valence-electron chi connectivity index (χ0n) is 16.6. The van der Waals surface area contributed by atoms with Crippen LogP contribution in [0.1, 0.15) is 37.1 Å². The van der Waals surface area contributed by atoms with Crippen LogP contribution in [-0.2, 0) is 14.8 Å². The third-order valence-electron chi connectivity index (χ3n) is 4.87. The molecule has 1 atom stereocenters. The minimum absolute atomic E-state index is 0.0668. The molecule has 1 aliphatic rings. The minimum atomic E-state index is -3.95. The SMILES string of the molecule is Cc1ccc(-c2noc(C3CC3)n2)cc1S(=O)(=O)NC(C)C(=O)Nc1ccccc1. The molecule has 0 saturated heterocycles. The van der Waals surface area contributed by atoms with E-state index in [-0.39, 0.29) is 4.90 Å². The molecule has 3 aromatic rings. The molecule has 1 saturated carbocycles. The fourth-order valence-electron chi connectivity index (χ4n) is 3.00. The molecule has 1 amide bonds. The topological polar surface area (TPSA) is 114 Å². The van der Waals surface area contributed by atoms with Gasteiger partial charge in [0.2, 0.25) is 27.6 Å². The summed E-state index contributed by atoms with van der Waals surface area (Å²) >= 11 is 0. The number of benzene rings is 2. The van der Waals surface area contributed by atoms with Crippen molar-refractivity contribution in [2.45, 2.75) is 43.5 Å². The number of carbonyl (C=O) groups is 1. The van der Waals surface area contributed by atoms with Crippen LogP contribution in [0.2, 0.25) is 0 Å². The summed E-state index contributed by atoms with van der Waals surface area (Å²) in [5.41, 5.74) is 1.68. The summed E-state index contributed by atoms with van der Waals surface area (Å²) in [4.78, 5) is 16.8. The van der Waals surface area contributed by atoms with Crippen molar-refractivity contribution in [1.82, 2.24) is 14.9 Å². The van der Waals surface area contributed by atoms with Crippen molar-refractivity contribution in [2.24, 2.45) is 0 Å². The van der Waals surface area contributed by atoms with Gasteiger partial charge in [-0.1, -0.05) is 35.5 Å². The average molecular weight is 426 g/mol. The normalized spacial score (nSPS) is 15.0. The summed E-state index contributed by atoms with van der Waals surface area (Å²) in [6.07, 6.45) is 2.06. The Balaban J connectivity index is 1.53. The van der Waals surface area contributed by atoms with Crippen molar-refractivity contribution in [3.63, 3.8) is 0 Å². The second-order valence-corrected chi connectivity index (χ2v) is 9.09. The van der Waals surface area contributed by atoms with E-state index in [1.165, 1.54) is 13.0 Å². The van der Waals surface area contributed by atoms with Gasteiger partial charge in [0.05, 0.1) is 10.9 Å². The van der Waals surface area contributed by atoms with Gasteiger partial charge in [-0.05, 0) is 50.5 Å². The molecule has 0 spiro atoms. The third-order valence-corrected chi connectivity index (χ3v) is 6.55. The maximum atomic E-state index is 13.0. The van der Waals surface area contributed by atoms with E-state index in [9.17, 15) is 13.2 Å². The summed E-state index contributed by atoms with van der Waals surface area (Å²) in [7, 11) is -3.95. The average Bonchev–Trinajstić information content (AvgIpc) is 3.45. The second kappa shape index (κ2) is 8.00. The van der Waals surface area contributed by atoms with E-state index < -0.39 is 22.0 Å². The third kappa shape index (κ3) is 4.42. The fraction of sp³-hybridized carbons (Fsp3) is 0.286. The van der Waals surface area contributed by atoms with E-state index in [4.69, 9.17) is 4.52 Å². The number of carbonyl (C=O) groups excluding carboxylic acids is 1. The number of nitrogens with one attached hydrogen (secondary N) is 2. The van der Waals surface area contributed by atoms with Crippen LogP contribution in [0, 0.1) is 6.92 Å². The maximum Gasteiger partial charge on any atom is 0.242 e. The van der Waals surface area contributed by atoms with Crippen LogP contribution in [0.3, 0.4) is 0 Å². The zero-order valence-corrected chi connectivity index (χ0v) is 17.4. The van der Waals surface area contributed by atoms with Gasteiger partial charge in [-0.2, -0.15) is 9.71 Å². The lowest BCUT2D eigenvalue weighted by molar-refractivity contribution is -0.117. The molecule has 30 heavy (non-hydrogen) atoms. The second-order valence-electron chi connectivity index (χ2n) is 7.41. The first-order valence-electron chi connectivity index (χ1n) is 9.66. The van der Waals surface area contributed by atoms with Gasteiger partial charge in [0.1, 0.15) is 0 Å². The smallest absolute Gasteiger partial charge is 0.242 e. The van der Waals surface area contributed by atoms with Crippen molar-refractivity contribution >= 4 is 21.6 Å². The Labute approximate surface area is 174 Å². The molecule has 156 valence electrons. The Kier molecular flexibility index (Phi) is 5.40. The van der Waals surface area contributed by atoms with Crippen LogP contribution >= 0.6 is 0 Å². The van der Waals surface area contributed by atoms with Gasteiger partial charge in [-0.25, -0.2) is 8.42 Å². The Morgan fingerprint density at radius 2 is 1.90 bits per heavy atom. The minimum Gasteiger partial charge on any atom is -0.339 e. The van der Waals surface area contributed by atoms with E-state index in [0.29, 0.717) is 34.4 Å². The highest BCUT2D eigenvalue weighted by Crippen LogP contribution is 2.39. The molecule has 2 N–H and O–H groups in total. The first-order chi connectivity index (χ1) is 14.3. The van der Waals surface area contributed by atoms with Crippen LogP contribution in [0.5, 0.6) is 0 Å². The molecule has 9 heteroatoms. The highest BCUT2D eigenvalue weighted by molar-refractivity contribution is 7.89. The summed E-state index contributed by atoms with van der Waals surface area (Å²) in [5.74, 6) is 0.791. The standard InChI is InChI=1S/C21H22N4O4S/c1-13-8-9-16(19-23-21(29-24-19)15-10-11-15)12-18(13)30(27,28)25-14(2)20(26)22-17-6-4-3-5-7-17/h3-9,12,14-15,25H,10-11H2,1-2H3,(H,22,26). The van der Waals surface area contributed by atoms with Crippen LogP contribution < -0.4 is 10.0 Å². The molecule has 1 aliphatic carbocycles. The number of hydrogen-bond acceptors (Lipinski definition) is 6. The van der Waals surface area contributed by atoms with Crippen LogP contribution in [0.4, 0.5) is 5.69 Å². The predicted molar refractivity (Wildman–Crippen MR) is 111 cm³/mol. The lowest BCUT2D eigenvalue weighted by Crippen LogP contribution is -2.41. The Morgan fingerprint density at radius 1 is 1.17 bits per heavy atom. The molecule has 8 nitrogen and oxygen atoms in total. The van der Waals surface area contributed by atoms with Crippen molar-refractivity contribution in [3.05, 3.63) is 60.0 Å². The van der Waals surface area contributed by atoms with E-state index in [2.05, 4.69) is 20.2 Å². The quantitative estimate of drug-likeness (QED) is 0.600. The lowest BCUT2D eigenvalue weighted by Gasteiger charge is -2.16. The predicted octanol–water partition coefficient (Wildman–Crippen LogP) is 3.23. The van der Waals surface area contributed by atoms with E-state index in [1.54, 1.807) is 43.3 Å². The molecule has 0 aliphatic heterocycles. The van der Waals surface area contributed by atoms with Crippen LogP contribution in [0.15, 0.2) is 57.9 Å². The van der Waals surface area contributed by atoms with Crippen molar-refractivity contribution in [3.8, 4) is 11.4 Å². The monoisotopic (exact) mass is 426 g/mol. The van der Waals surface area contributed by atoms with Crippen molar-refractivity contribution < 1.29 is 17.7 Å². The summed E-state index contributed by atoms with van der Waals surface area (Å²) in [5, 5.41) is 6.66. The molecule has 1 heterocycles. The molecule has 0 radical (unpaired) electrons. The number of nitrogens with zero attached hydrogens (tertiary/aromatic N) is 2. The van der Waals surface area contributed by atoms with Crippen LogP contribution in [0.25, 0.3) is 11.4 Å². The number of anilines is 1. The zero-order chi connectivity index (χ0) is 21.3. The van der Waals surface area contributed by atoms with Crippen LogP contribution in [-0.4, -0.2) is 30.5 Å². The molecule has 1 aromatic heterocycles. The molecule has 0 bridgehead atoms. The fourth-order valence-corrected chi connectivity index (χ4v) is 4.47. The largest absolute Gasteiger partial charge is 0.339 e. The number of hydrogen-bond donors (Lipinski definition) is 2. The van der Waals surface area contributed by atoms with Gasteiger partial charge in [0.25, 0.3) is 0 Å². The summed E-state index contributed by atoms with van der Waals surface area (Å²) in [6.45, 7) is 3.19.